The van der Waals surface area contributed by atoms with Crippen molar-refractivity contribution in [3.05, 3.63) is 47.3 Å². The molecule has 0 spiro atoms. The second-order valence-electron chi connectivity index (χ2n) is 5.72. The van der Waals surface area contributed by atoms with Gasteiger partial charge in [0.05, 0.1) is 12.7 Å². The summed E-state index contributed by atoms with van der Waals surface area (Å²) in [6.07, 6.45) is 0.631. The normalized spacial score (nSPS) is 13.3. The lowest BCUT2D eigenvalue weighted by Gasteiger charge is -2.13. The van der Waals surface area contributed by atoms with E-state index in [1.807, 2.05) is 0 Å². The van der Waals surface area contributed by atoms with E-state index in [0.29, 0.717) is 17.4 Å². The summed E-state index contributed by atoms with van der Waals surface area (Å²) in [4.78, 5) is 15.6. The number of pyridine rings is 1. The predicted octanol–water partition coefficient (Wildman–Crippen LogP) is 4.15. The second-order valence-corrected chi connectivity index (χ2v) is 5.72. The van der Waals surface area contributed by atoms with Crippen LogP contribution in [-0.2, 0) is 0 Å². The van der Waals surface area contributed by atoms with Gasteiger partial charge in [0.15, 0.2) is 0 Å². The lowest BCUT2D eigenvalue weighted by Crippen LogP contribution is -2.03. The second kappa shape index (κ2) is 6.89. The van der Waals surface area contributed by atoms with Gasteiger partial charge in [-0.3, -0.25) is 0 Å². The molecule has 128 valence electrons. The van der Waals surface area contributed by atoms with Crippen LogP contribution in [0, 0.1) is 17.8 Å². The highest BCUT2D eigenvalue weighted by Crippen LogP contribution is 2.36. The van der Waals surface area contributed by atoms with Gasteiger partial charge in [0.25, 0.3) is 6.43 Å². The fourth-order valence-electron chi connectivity index (χ4n) is 2.39. The van der Waals surface area contributed by atoms with Crippen molar-refractivity contribution in [2.45, 2.75) is 19.3 Å². The highest BCUT2D eigenvalue weighted by atomic mass is 19.3. The van der Waals surface area contributed by atoms with Crippen LogP contribution in [0.25, 0.3) is 11.1 Å². The first kappa shape index (κ1) is 16.9. The summed E-state index contributed by atoms with van der Waals surface area (Å²) in [7, 11) is 1.40. The van der Waals surface area contributed by atoms with Crippen LogP contribution in [0.3, 0.4) is 0 Å². The molecular formula is C19H15F2NO3. The van der Waals surface area contributed by atoms with Gasteiger partial charge in [0.2, 0.25) is 0 Å². The molecule has 0 unspecified atom stereocenters. The topological polar surface area (TPSA) is 59.4 Å². The summed E-state index contributed by atoms with van der Waals surface area (Å²) in [6.45, 7) is 0. The number of ether oxygens (including phenoxy) is 1. The van der Waals surface area contributed by atoms with Gasteiger partial charge in [-0.1, -0.05) is 5.92 Å². The van der Waals surface area contributed by atoms with Gasteiger partial charge in [0, 0.05) is 28.8 Å². The van der Waals surface area contributed by atoms with E-state index in [9.17, 15) is 18.7 Å². The van der Waals surface area contributed by atoms with E-state index in [1.165, 1.54) is 37.6 Å². The molecule has 1 fully saturated rings. The molecular weight excluding hydrogens is 328 g/mol. The maximum Gasteiger partial charge on any atom is 0.337 e. The first-order valence-corrected chi connectivity index (χ1v) is 7.71. The van der Waals surface area contributed by atoms with Gasteiger partial charge in [-0.25, -0.2) is 18.6 Å². The van der Waals surface area contributed by atoms with Crippen LogP contribution in [0.1, 0.15) is 40.9 Å². The Labute approximate surface area is 143 Å². The molecule has 6 heteroatoms. The summed E-state index contributed by atoms with van der Waals surface area (Å²) in [5.74, 6) is 5.43. The standard InChI is InChI=1S/C19H15F2NO3/c1-25-17-7-5-12(18(20)21)8-15(17)14-9-13(6-4-11-2-3-11)22-10-16(14)19(23)24/h5,7-11,18H,2-3H2,1H3,(H,23,24). The number of aromatic carboxylic acids is 1. The van der Waals surface area contributed by atoms with Crippen molar-refractivity contribution in [1.82, 2.24) is 4.98 Å². The number of benzene rings is 1. The van der Waals surface area contributed by atoms with Crippen LogP contribution in [0.5, 0.6) is 5.75 Å². The third kappa shape index (κ3) is 3.77. The molecule has 0 saturated heterocycles. The number of carboxylic acids is 1. The van der Waals surface area contributed by atoms with Gasteiger partial charge in [-0.2, -0.15) is 0 Å². The minimum atomic E-state index is -2.67. The lowest BCUT2D eigenvalue weighted by molar-refractivity contribution is 0.0697. The van der Waals surface area contributed by atoms with Crippen molar-refractivity contribution in [2.75, 3.05) is 7.11 Å². The van der Waals surface area contributed by atoms with Crippen molar-refractivity contribution in [1.29, 1.82) is 0 Å². The van der Waals surface area contributed by atoms with Crippen LogP contribution in [0.2, 0.25) is 0 Å². The van der Waals surface area contributed by atoms with E-state index in [2.05, 4.69) is 16.8 Å². The first-order valence-electron chi connectivity index (χ1n) is 7.71. The summed E-state index contributed by atoms with van der Waals surface area (Å²) in [5, 5.41) is 9.42. The van der Waals surface area contributed by atoms with Gasteiger partial charge in [-0.05, 0) is 43.0 Å². The average Bonchev–Trinajstić information content (AvgIpc) is 3.43. The Balaban J connectivity index is 2.16. The van der Waals surface area contributed by atoms with E-state index in [1.54, 1.807) is 0 Å². The minimum absolute atomic E-state index is 0.0957. The smallest absolute Gasteiger partial charge is 0.337 e. The van der Waals surface area contributed by atoms with Gasteiger partial charge in [-0.15, -0.1) is 0 Å². The monoisotopic (exact) mass is 343 g/mol. The predicted molar refractivity (Wildman–Crippen MR) is 87.7 cm³/mol. The number of carbonyl (C=O) groups is 1. The molecule has 0 atom stereocenters. The summed E-state index contributed by atoms with van der Waals surface area (Å²) >= 11 is 0. The number of carboxylic acid groups (broad SMARTS) is 1. The number of nitrogens with zero attached hydrogens (tertiary/aromatic N) is 1. The van der Waals surface area contributed by atoms with Crippen LogP contribution >= 0.6 is 0 Å². The maximum atomic E-state index is 13.1. The van der Waals surface area contributed by atoms with E-state index in [4.69, 9.17) is 4.74 Å². The Morgan fingerprint density at radius 3 is 2.68 bits per heavy atom. The van der Waals surface area contributed by atoms with Gasteiger partial charge in [0.1, 0.15) is 11.4 Å². The number of alkyl halides is 2. The lowest BCUT2D eigenvalue weighted by atomic mass is 9.97. The van der Waals surface area contributed by atoms with E-state index in [0.717, 1.165) is 12.8 Å². The number of hydrogen-bond acceptors (Lipinski definition) is 3. The first-order chi connectivity index (χ1) is 12.0. The van der Waals surface area contributed by atoms with Crippen molar-refractivity contribution in [2.24, 2.45) is 5.92 Å². The summed E-state index contributed by atoms with van der Waals surface area (Å²) < 4.78 is 31.3. The molecule has 1 aliphatic carbocycles. The van der Waals surface area contributed by atoms with Gasteiger partial charge >= 0.3 is 5.97 Å². The quantitative estimate of drug-likeness (QED) is 0.847. The molecule has 1 heterocycles. The van der Waals surface area contributed by atoms with E-state index >= 15 is 0 Å². The van der Waals surface area contributed by atoms with Crippen LogP contribution in [-0.4, -0.2) is 23.2 Å². The number of aromatic nitrogens is 1. The zero-order valence-electron chi connectivity index (χ0n) is 13.4. The Morgan fingerprint density at radius 1 is 1.32 bits per heavy atom. The molecule has 1 aromatic carbocycles. The molecule has 1 aliphatic rings. The molecule has 25 heavy (non-hydrogen) atoms. The van der Waals surface area contributed by atoms with Crippen molar-refractivity contribution >= 4 is 5.97 Å². The molecule has 1 aromatic heterocycles. The fourth-order valence-corrected chi connectivity index (χ4v) is 2.39. The Hall–Kier alpha value is -2.94. The van der Waals surface area contributed by atoms with E-state index in [-0.39, 0.29) is 22.3 Å². The van der Waals surface area contributed by atoms with Crippen LogP contribution in [0.15, 0.2) is 30.5 Å². The molecule has 0 bridgehead atoms. The highest BCUT2D eigenvalue weighted by Gasteiger charge is 2.20. The Kier molecular flexibility index (Phi) is 4.66. The van der Waals surface area contributed by atoms with Crippen molar-refractivity contribution in [3.8, 4) is 28.7 Å². The third-order valence-electron chi connectivity index (χ3n) is 3.88. The largest absolute Gasteiger partial charge is 0.496 e. The molecule has 2 aromatic rings. The Morgan fingerprint density at radius 2 is 2.08 bits per heavy atom. The maximum absolute atomic E-state index is 13.1. The molecule has 1 N–H and O–H groups in total. The third-order valence-corrected chi connectivity index (χ3v) is 3.88. The van der Waals surface area contributed by atoms with Gasteiger partial charge < -0.3 is 9.84 Å². The molecule has 4 nitrogen and oxygen atoms in total. The van der Waals surface area contributed by atoms with Crippen LogP contribution in [0.4, 0.5) is 8.78 Å². The zero-order chi connectivity index (χ0) is 18.0. The molecule has 1 saturated carbocycles. The number of rotatable bonds is 4. The fraction of sp³-hybridized carbons (Fsp3) is 0.263. The highest BCUT2D eigenvalue weighted by molar-refractivity contribution is 5.97. The molecule has 0 radical (unpaired) electrons. The van der Waals surface area contributed by atoms with Crippen molar-refractivity contribution < 1.29 is 23.4 Å². The number of hydrogen-bond donors (Lipinski definition) is 1. The Bertz CT molecular complexity index is 880. The average molecular weight is 343 g/mol. The van der Waals surface area contributed by atoms with Crippen LogP contribution < -0.4 is 4.74 Å². The van der Waals surface area contributed by atoms with Crippen molar-refractivity contribution in [3.63, 3.8) is 0 Å². The number of halogens is 2. The minimum Gasteiger partial charge on any atom is -0.496 e. The number of methoxy groups -OCH3 is 1. The molecule has 0 amide bonds. The molecule has 3 rings (SSSR count). The molecule has 0 aliphatic heterocycles. The summed E-state index contributed by atoms with van der Waals surface area (Å²) in [6, 6.07) is 5.40. The zero-order valence-corrected chi connectivity index (χ0v) is 13.4. The SMILES string of the molecule is COc1ccc(C(F)F)cc1-c1cc(C#CC2CC2)ncc1C(=O)O. The summed E-state index contributed by atoms with van der Waals surface area (Å²) in [5.41, 5.74) is 0.615. The van der Waals surface area contributed by atoms with E-state index < -0.39 is 12.4 Å².